The van der Waals surface area contributed by atoms with Crippen molar-refractivity contribution in [2.75, 3.05) is 0 Å². The number of hydrogen-bond donors (Lipinski definition) is 1. The van der Waals surface area contributed by atoms with Crippen molar-refractivity contribution in [1.82, 2.24) is 0 Å². The molecule has 0 rings (SSSR count). The number of carboxylic acid groups (broad SMARTS) is 1. The molecular weight excluding hydrogens is 212 g/mol. The van der Waals surface area contributed by atoms with Crippen molar-refractivity contribution in [3.05, 3.63) is 63.3 Å². The molecule has 0 aromatic heterocycles. The summed E-state index contributed by atoms with van der Waals surface area (Å²) in [5.41, 5.74) is 0. The van der Waals surface area contributed by atoms with E-state index in [4.69, 9.17) is 5.11 Å². The first-order valence-corrected chi connectivity index (χ1v) is 5.07. The zero-order chi connectivity index (χ0) is 15.1. The van der Waals surface area contributed by atoms with Gasteiger partial charge in [0, 0.05) is 6.08 Å². The third kappa shape index (κ3) is 72600. The summed E-state index contributed by atoms with van der Waals surface area (Å²) in [4.78, 5) is 9.25. The monoisotopic (exact) mass is 240 g/mol. The summed E-state index contributed by atoms with van der Waals surface area (Å²) in [6.07, 6.45) is 7.83. The average molecular weight is 240 g/mol. The van der Waals surface area contributed by atoms with Gasteiger partial charge in [0.05, 0.1) is 0 Å². The Balaban J connectivity index is -0.0000000362. The predicted octanol–water partition coefficient (Wildman–Crippen LogP) is 5.03. The van der Waals surface area contributed by atoms with Crippen LogP contribution in [0.25, 0.3) is 0 Å². The zero-order valence-corrected chi connectivity index (χ0v) is 11.8. The molecule has 0 bridgehead atoms. The number of allylic oxidation sites excluding steroid dienone is 4. The minimum Gasteiger partial charge on any atom is -0.478 e. The maximum absolute atomic E-state index is 9.25. The minimum absolute atomic E-state index is 0.833. The maximum atomic E-state index is 9.25. The Bertz CT molecular complexity index is 155. The first-order valence-electron chi connectivity index (χ1n) is 5.07. The zero-order valence-electron chi connectivity index (χ0n) is 11.8. The molecular formula is C15H28O2. The second kappa shape index (κ2) is 64.6. The van der Waals surface area contributed by atoms with Crippen LogP contribution in [0.15, 0.2) is 63.3 Å². The van der Waals surface area contributed by atoms with Crippen LogP contribution in [0, 0.1) is 0 Å². The molecule has 0 atom stereocenters. The molecule has 0 aliphatic heterocycles. The molecule has 0 aromatic rings. The van der Waals surface area contributed by atoms with Crippen LogP contribution in [0.1, 0.15) is 27.7 Å². The average Bonchev–Trinajstić information content (AvgIpc) is 2.22. The van der Waals surface area contributed by atoms with Gasteiger partial charge in [-0.2, -0.15) is 0 Å². The standard InChI is InChI=1S/C3H4O2.4C3H6/c1-2-3(4)5;4*1-3-2/h2H,1H2,(H,4,5);4*3H,1H2,2H3. The van der Waals surface area contributed by atoms with Crippen LogP contribution in [0.5, 0.6) is 0 Å². The summed E-state index contributed by atoms with van der Waals surface area (Å²) in [7, 11) is 0. The smallest absolute Gasteiger partial charge is 0.327 e. The third-order valence-corrected chi connectivity index (χ3v) is 0.175. The lowest BCUT2D eigenvalue weighted by atomic mass is 10.7. The van der Waals surface area contributed by atoms with Gasteiger partial charge in [-0.1, -0.05) is 30.9 Å². The predicted molar refractivity (Wildman–Crippen MR) is 81.3 cm³/mol. The molecule has 0 aromatic carbocycles. The number of hydrogen-bond acceptors (Lipinski definition) is 1. The highest BCUT2D eigenvalue weighted by Gasteiger charge is 1.73. The Hall–Kier alpha value is -1.83. The van der Waals surface area contributed by atoms with Crippen LogP contribution in [0.3, 0.4) is 0 Å². The molecule has 2 heteroatoms. The Morgan fingerprint density at radius 2 is 0.824 bits per heavy atom. The third-order valence-electron chi connectivity index (χ3n) is 0.175. The van der Waals surface area contributed by atoms with E-state index in [0.717, 1.165) is 6.08 Å². The molecule has 0 radical (unpaired) electrons. The molecule has 0 spiro atoms. The van der Waals surface area contributed by atoms with Gasteiger partial charge >= 0.3 is 5.97 Å². The summed E-state index contributed by atoms with van der Waals surface area (Å²) in [6, 6.07) is 0. The quantitative estimate of drug-likeness (QED) is 0.516. The summed E-state index contributed by atoms with van der Waals surface area (Å²) in [5.74, 6) is -0.981. The van der Waals surface area contributed by atoms with E-state index in [1.54, 1.807) is 24.3 Å². The molecule has 0 saturated heterocycles. The Morgan fingerprint density at radius 1 is 0.765 bits per heavy atom. The summed E-state index contributed by atoms with van der Waals surface area (Å²) < 4.78 is 0. The number of rotatable bonds is 1. The van der Waals surface area contributed by atoms with Gasteiger partial charge in [0.2, 0.25) is 0 Å². The molecule has 0 heterocycles. The molecule has 0 aliphatic carbocycles. The van der Waals surface area contributed by atoms with Crippen LogP contribution in [-0.2, 0) is 4.79 Å². The molecule has 2 nitrogen and oxygen atoms in total. The van der Waals surface area contributed by atoms with Crippen molar-refractivity contribution in [2.45, 2.75) is 27.7 Å². The summed E-state index contributed by atoms with van der Waals surface area (Å²) in [6.45, 7) is 24.0. The van der Waals surface area contributed by atoms with E-state index in [1.807, 2.05) is 27.7 Å². The van der Waals surface area contributed by atoms with Gasteiger partial charge in [-0.15, -0.1) is 26.3 Å². The molecule has 0 fully saturated rings. The van der Waals surface area contributed by atoms with Gasteiger partial charge in [-0.05, 0) is 27.7 Å². The van der Waals surface area contributed by atoms with Crippen molar-refractivity contribution in [2.24, 2.45) is 0 Å². The lowest BCUT2D eigenvalue weighted by Gasteiger charge is -1.64. The van der Waals surface area contributed by atoms with Crippen LogP contribution < -0.4 is 0 Å². The normalized spacial score (nSPS) is 4.94. The highest BCUT2D eigenvalue weighted by Crippen LogP contribution is 1.54. The topological polar surface area (TPSA) is 37.3 Å². The molecule has 0 unspecified atom stereocenters. The first kappa shape index (κ1) is 29.4. The molecule has 100 valence electrons. The van der Waals surface area contributed by atoms with E-state index in [0.29, 0.717) is 0 Å². The van der Waals surface area contributed by atoms with E-state index >= 15 is 0 Å². The van der Waals surface area contributed by atoms with Crippen molar-refractivity contribution >= 4 is 5.97 Å². The molecule has 0 saturated carbocycles. The van der Waals surface area contributed by atoms with E-state index in [1.165, 1.54) is 0 Å². The van der Waals surface area contributed by atoms with E-state index < -0.39 is 5.97 Å². The van der Waals surface area contributed by atoms with Gasteiger partial charge in [-0.25, -0.2) is 4.79 Å². The number of carbonyl (C=O) groups is 1. The lowest BCUT2D eigenvalue weighted by molar-refractivity contribution is -0.131. The van der Waals surface area contributed by atoms with Crippen molar-refractivity contribution in [1.29, 1.82) is 0 Å². The van der Waals surface area contributed by atoms with Crippen LogP contribution in [0.4, 0.5) is 0 Å². The largest absolute Gasteiger partial charge is 0.478 e. The van der Waals surface area contributed by atoms with Gasteiger partial charge in [0.15, 0.2) is 0 Å². The number of aliphatic carboxylic acids is 1. The van der Waals surface area contributed by atoms with Gasteiger partial charge < -0.3 is 5.11 Å². The van der Waals surface area contributed by atoms with Crippen LogP contribution in [0.2, 0.25) is 0 Å². The van der Waals surface area contributed by atoms with Crippen molar-refractivity contribution in [3.8, 4) is 0 Å². The maximum Gasteiger partial charge on any atom is 0.327 e. The minimum atomic E-state index is -0.981. The highest BCUT2D eigenvalue weighted by molar-refractivity contribution is 5.78. The highest BCUT2D eigenvalue weighted by atomic mass is 16.4. The van der Waals surface area contributed by atoms with E-state index in [9.17, 15) is 4.79 Å². The van der Waals surface area contributed by atoms with Gasteiger partial charge in [0.25, 0.3) is 0 Å². The van der Waals surface area contributed by atoms with E-state index in [2.05, 4.69) is 32.9 Å². The van der Waals surface area contributed by atoms with Crippen LogP contribution >= 0.6 is 0 Å². The molecule has 0 amide bonds. The fraction of sp³-hybridized carbons (Fsp3) is 0.267. The van der Waals surface area contributed by atoms with Crippen molar-refractivity contribution in [3.63, 3.8) is 0 Å². The molecule has 0 aliphatic rings. The lowest BCUT2D eigenvalue weighted by Crippen LogP contribution is -1.82. The first-order chi connectivity index (χ1) is 7.93. The molecule has 1 N–H and O–H groups in total. The second-order valence-corrected chi connectivity index (χ2v) is 2.18. The number of carboxylic acids is 1. The summed E-state index contributed by atoms with van der Waals surface area (Å²) >= 11 is 0. The SMILES string of the molecule is C=CC.C=CC.C=CC.C=CC.C=CC(=O)O. The van der Waals surface area contributed by atoms with Gasteiger partial charge in [-0.3, -0.25) is 0 Å². The molecule has 17 heavy (non-hydrogen) atoms. The second-order valence-electron chi connectivity index (χ2n) is 2.18. The Kier molecular flexibility index (Phi) is 112. The summed E-state index contributed by atoms with van der Waals surface area (Å²) in [5, 5.41) is 7.60. The van der Waals surface area contributed by atoms with E-state index in [-0.39, 0.29) is 0 Å². The fourth-order valence-corrected chi connectivity index (χ4v) is 0. The Morgan fingerprint density at radius 3 is 0.824 bits per heavy atom. The van der Waals surface area contributed by atoms with Crippen LogP contribution in [-0.4, -0.2) is 11.1 Å². The van der Waals surface area contributed by atoms with Crippen molar-refractivity contribution < 1.29 is 9.90 Å². The Labute approximate surface area is 107 Å². The van der Waals surface area contributed by atoms with Gasteiger partial charge in [0.1, 0.15) is 0 Å². The fourth-order valence-electron chi connectivity index (χ4n) is 0.